The number of hydrogen-bond donors (Lipinski definition) is 0. The topological polar surface area (TPSA) is 65.3 Å². The van der Waals surface area contributed by atoms with Crippen molar-refractivity contribution in [2.45, 2.75) is 51.7 Å². The highest BCUT2D eigenvalue weighted by molar-refractivity contribution is 8.15. The van der Waals surface area contributed by atoms with Crippen LogP contribution in [0.4, 0.5) is 10.5 Å². The van der Waals surface area contributed by atoms with Crippen molar-refractivity contribution >= 4 is 51.7 Å². The zero-order valence-electron chi connectivity index (χ0n) is 20.0. The lowest BCUT2D eigenvalue weighted by molar-refractivity contribution is -0.127. The number of nitrogens with zero attached hydrogens (tertiary/aromatic N) is 4. The fraction of sp³-hybridized carbons (Fsp3) is 0.385. The van der Waals surface area contributed by atoms with Gasteiger partial charge in [-0.1, -0.05) is 24.6 Å². The smallest absolute Gasteiger partial charge is 0.309 e. The van der Waals surface area contributed by atoms with Crippen LogP contribution < -0.4 is 4.90 Å². The van der Waals surface area contributed by atoms with Gasteiger partial charge in [0.1, 0.15) is 5.84 Å². The number of anilines is 1. The van der Waals surface area contributed by atoms with Crippen molar-refractivity contribution in [2.75, 3.05) is 18.0 Å². The van der Waals surface area contributed by atoms with E-state index in [1.807, 2.05) is 51.1 Å². The molecule has 0 atom stereocenters. The SMILES string of the molecule is CC/N=C(/c1ccc(Cl)cc1)N1CCCc2cc(C3=NN(C(=O)CC)C(=O)SC3(C)C)ccc21. The first-order chi connectivity index (χ1) is 16.2. The quantitative estimate of drug-likeness (QED) is 0.376. The second-order valence-corrected chi connectivity index (χ2v) is 10.8. The van der Waals surface area contributed by atoms with Gasteiger partial charge < -0.3 is 4.90 Å². The molecule has 2 aromatic rings. The third-order valence-corrected chi connectivity index (χ3v) is 7.27. The predicted molar refractivity (Wildman–Crippen MR) is 141 cm³/mol. The maximum atomic E-state index is 12.5. The van der Waals surface area contributed by atoms with E-state index < -0.39 is 4.75 Å². The Labute approximate surface area is 210 Å². The molecule has 0 N–H and O–H groups in total. The summed E-state index contributed by atoms with van der Waals surface area (Å²) in [5.41, 5.74) is 5.02. The number of carbonyl (C=O) groups excluding carboxylic acids is 2. The summed E-state index contributed by atoms with van der Waals surface area (Å²) in [6, 6.07) is 14.1. The zero-order valence-corrected chi connectivity index (χ0v) is 21.5. The molecule has 0 aliphatic carbocycles. The van der Waals surface area contributed by atoms with Gasteiger partial charge in [0.15, 0.2) is 0 Å². The van der Waals surface area contributed by atoms with Crippen LogP contribution in [0, 0.1) is 0 Å². The summed E-state index contributed by atoms with van der Waals surface area (Å²) in [4.78, 5) is 31.9. The molecule has 0 saturated heterocycles. The van der Waals surface area contributed by atoms with Gasteiger partial charge in [0.2, 0.25) is 5.91 Å². The van der Waals surface area contributed by atoms with Gasteiger partial charge in [-0.15, -0.1) is 0 Å². The number of amides is 2. The number of thioether (sulfide) groups is 1. The Kier molecular flexibility index (Phi) is 7.14. The summed E-state index contributed by atoms with van der Waals surface area (Å²) < 4.78 is -0.539. The number of aryl methyl sites for hydroxylation is 1. The molecule has 0 fully saturated rings. The lowest BCUT2D eigenvalue weighted by Gasteiger charge is -2.35. The van der Waals surface area contributed by atoms with E-state index in [9.17, 15) is 9.59 Å². The highest BCUT2D eigenvalue weighted by Crippen LogP contribution is 2.38. The number of carbonyl (C=O) groups is 2. The Balaban J connectivity index is 1.74. The average molecular weight is 497 g/mol. The Morgan fingerprint density at radius 3 is 2.59 bits per heavy atom. The molecular weight excluding hydrogens is 468 g/mol. The standard InChI is InChI=1S/C26H29ClN4O2S/c1-5-22(32)31-25(33)34-26(3,4)23(29-31)19-11-14-21-18(16-19)8-7-15-30(21)24(28-6-2)17-9-12-20(27)13-10-17/h9-14,16H,5-8,15H2,1-4H3/b28-24-. The molecule has 0 bridgehead atoms. The van der Waals surface area contributed by atoms with Crippen molar-refractivity contribution in [1.29, 1.82) is 0 Å². The lowest BCUT2D eigenvalue weighted by atomic mass is 9.93. The molecule has 0 unspecified atom stereocenters. The fourth-order valence-corrected chi connectivity index (χ4v) is 5.38. The number of imide groups is 1. The summed E-state index contributed by atoms with van der Waals surface area (Å²) in [5.74, 6) is 0.641. The van der Waals surface area contributed by atoms with Gasteiger partial charge in [0.25, 0.3) is 0 Å². The number of fused-ring (bicyclic) bond motifs is 1. The number of halogens is 1. The maximum absolute atomic E-state index is 12.5. The Bertz CT molecular complexity index is 1170. The lowest BCUT2D eigenvalue weighted by Crippen LogP contribution is -2.43. The van der Waals surface area contributed by atoms with Crippen molar-refractivity contribution < 1.29 is 9.59 Å². The Hall–Kier alpha value is -2.64. The van der Waals surface area contributed by atoms with Gasteiger partial charge in [-0.2, -0.15) is 10.1 Å². The number of hydrazone groups is 1. The minimum atomic E-state index is -0.539. The molecule has 2 aliphatic heterocycles. The summed E-state index contributed by atoms with van der Waals surface area (Å²) >= 11 is 7.25. The second kappa shape index (κ2) is 9.92. The van der Waals surface area contributed by atoms with Gasteiger partial charge in [-0.3, -0.25) is 14.6 Å². The van der Waals surface area contributed by atoms with E-state index in [0.717, 1.165) is 64.5 Å². The molecule has 2 aromatic carbocycles. The third kappa shape index (κ3) is 4.77. The van der Waals surface area contributed by atoms with Gasteiger partial charge in [-0.25, -0.2) is 0 Å². The van der Waals surface area contributed by atoms with Crippen molar-refractivity contribution in [3.8, 4) is 0 Å². The predicted octanol–water partition coefficient (Wildman–Crippen LogP) is 6.15. The first-order valence-electron chi connectivity index (χ1n) is 11.6. The minimum absolute atomic E-state index is 0.229. The average Bonchev–Trinajstić information content (AvgIpc) is 2.81. The molecule has 0 saturated carbocycles. The van der Waals surface area contributed by atoms with Crippen LogP contribution in [0.15, 0.2) is 52.6 Å². The van der Waals surface area contributed by atoms with Crippen LogP contribution in [0.5, 0.6) is 0 Å². The molecule has 6 nitrogen and oxygen atoms in total. The van der Waals surface area contributed by atoms with Gasteiger partial charge in [0, 0.05) is 35.8 Å². The molecular formula is C26H29ClN4O2S. The molecule has 0 aromatic heterocycles. The van der Waals surface area contributed by atoms with E-state index in [-0.39, 0.29) is 17.6 Å². The number of rotatable bonds is 4. The van der Waals surface area contributed by atoms with Crippen molar-refractivity contribution in [3.05, 3.63) is 64.2 Å². The molecule has 0 radical (unpaired) electrons. The van der Waals surface area contributed by atoms with E-state index in [4.69, 9.17) is 16.6 Å². The van der Waals surface area contributed by atoms with E-state index >= 15 is 0 Å². The molecule has 2 amide bonds. The van der Waals surface area contributed by atoms with E-state index in [2.05, 4.69) is 22.1 Å². The van der Waals surface area contributed by atoms with Crippen LogP contribution in [0.2, 0.25) is 5.02 Å². The molecule has 2 aliphatic rings. The molecule has 0 spiro atoms. The van der Waals surface area contributed by atoms with E-state index in [0.29, 0.717) is 11.6 Å². The first kappa shape index (κ1) is 24.5. The number of benzene rings is 2. The zero-order chi connectivity index (χ0) is 24.5. The van der Waals surface area contributed by atoms with Crippen molar-refractivity contribution in [1.82, 2.24) is 5.01 Å². The maximum Gasteiger partial charge on any atom is 0.309 e. The van der Waals surface area contributed by atoms with Crippen molar-refractivity contribution in [2.24, 2.45) is 10.1 Å². The van der Waals surface area contributed by atoms with Gasteiger partial charge in [-0.05, 0) is 92.9 Å². The first-order valence-corrected chi connectivity index (χ1v) is 12.8. The Morgan fingerprint density at radius 1 is 1.18 bits per heavy atom. The summed E-state index contributed by atoms with van der Waals surface area (Å²) in [6.45, 7) is 9.28. The van der Waals surface area contributed by atoms with E-state index in [1.165, 1.54) is 5.56 Å². The van der Waals surface area contributed by atoms with Gasteiger partial charge >= 0.3 is 5.24 Å². The van der Waals surface area contributed by atoms with Gasteiger partial charge in [0.05, 0.1) is 10.5 Å². The number of aliphatic imine (C=N–C) groups is 1. The van der Waals surface area contributed by atoms with E-state index in [1.54, 1.807) is 6.92 Å². The number of hydrogen-bond acceptors (Lipinski definition) is 5. The molecule has 2 heterocycles. The largest absolute Gasteiger partial charge is 0.326 e. The van der Waals surface area contributed by atoms with Crippen molar-refractivity contribution in [3.63, 3.8) is 0 Å². The van der Waals surface area contributed by atoms with Crippen LogP contribution >= 0.6 is 23.4 Å². The number of amidine groups is 1. The fourth-order valence-electron chi connectivity index (χ4n) is 4.33. The van der Waals surface area contributed by atoms with Crippen LogP contribution in [0.1, 0.15) is 57.2 Å². The summed E-state index contributed by atoms with van der Waals surface area (Å²) in [6.07, 6.45) is 2.17. The normalized spacial score (nSPS) is 18.0. The molecule has 34 heavy (non-hydrogen) atoms. The van der Waals surface area contributed by atoms with Crippen LogP contribution in [-0.4, -0.2) is 45.5 Å². The molecule has 178 valence electrons. The van der Waals surface area contributed by atoms with Crippen LogP contribution in [0.3, 0.4) is 0 Å². The molecule has 4 rings (SSSR count). The minimum Gasteiger partial charge on any atom is -0.326 e. The highest BCUT2D eigenvalue weighted by Gasteiger charge is 2.39. The summed E-state index contributed by atoms with van der Waals surface area (Å²) in [7, 11) is 0. The Morgan fingerprint density at radius 2 is 1.91 bits per heavy atom. The monoisotopic (exact) mass is 496 g/mol. The summed E-state index contributed by atoms with van der Waals surface area (Å²) in [5, 5.41) is 5.92. The second-order valence-electron chi connectivity index (χ2n) is 8.79. The van der Waals surface area contributed by atoms with Crippen LogP contribution in [0.25, 0.3) is 0 Å². The third-order valence-electron chi connectivity index (χ3n) is 5.96. The molecule has 8 heteroatoms. The highest BCUT2D eigenvalue weighted by atomic mass is 35.5. The van der Waals surface area contributed by atoms with Crippen LogP contribution in [-0.2, 0) is 11.2 Å².